The van der Waals surface area contributed by atoms with Gasteiger partial charge in [0, 0.05) is 9.50 Å². The lowest BCUT2D eigenvalue weighted by molar-refractivity contribution is 0.110. The number of rotatable bonds is 2. The van der Waals surface area contributed by atoms with Gasteiger partial charge in [0.25, 0.3) is 0 Å². The summed E-state index contributed by atoms with van der Waals surface area (Å²) in [5.74, 6) is -0.0782. The Bertz CT molecular complexity index is 528. The van der Waals surface area contributed by atoms with Gasteiger partial charge in [0.15, 0.2) is 12.0 Å². The number of benzene rings is 1. The number of furan rings is 1. The zero-order valence-electron chi connectivity index (χ0n) is 7.84. The van der Waals surface area contributed by atoms with Crippen molar-refractivity contribution in [1.82, 2.24) is 0 Å². The summed E-state index contributed by atoms with van der Waals surface area (Å²) in [7, 11) is 0. The Morgan fingerprint density at radius 1 is 1.38 bits per heavy atom. The van der Waals surface area contributed by atoms with Crippen LogP contribution in [0.15, 0.2) is 33.2 Å². The van der Waals surface area contributed by atoms with Gasteiger partial charge in [0.2, 0.25) is 0 Å². The first-order chi connectivity index (χ1) is 7.61. The lowest BCUT2D eigenvalue weighted by atomic mass is 10.1. The van der Waals surface area contributed by atoms with Gasteiger partial charge >= 0.3 is 0 Å². The van der Waals surface area contributed by atoms with Gasteiger partial charge in [-0.05, 0) is 40.2 Å². The van der Waals surface area contributed by atoms with E-state index in [4.69, 9.17) is 16.0 Å². The van der Waals surface area contributed by atoms with E-state index in [0.717, 1.165) is 0 Å². The molecule has 5 heteroatoms. The minimum Gasteiger partial charge on any atom is -0.453 e. The highest BCUT2D eigenvalue weighted by molar-refractivity contribution is 9.10. The van der Waals surface area contributed by atoms with Crippen LogP contribution in [0.3, 0.4) is 0 Å². The van der Waals surface area contributed by atoms with Crippen LogP contribution in [-0.4, -0.2) is 6.29 Å². The second-order valence-corrected chi connectivity index (χ2v) is 4.36. The zero-order valence-corrected chi connectivity index (χ0v) is 10.2. The van der Waals surface area contributed by atoms with Crippen molar-refractivity contribution < 1.29 is 13.6 Å². The van der Waals surface area contributed by atoms with Crippen LogP contribution in [0.1, 0.15) is 10.6 Å². The maximum absolute atomic E-state index is 13.6. The molecule has 0 amide bonds. The van der Waals surface area contributed by atoms with E-state index in [9.17, 15) is 9.18 Å². The molecule has 0 N–H and O–H groups in total. The molecule has 2 aromatic rings. The summed E-state index contributed by atoms with van der Waals surface area (Å²) in [6, 6.07) is 5.75. The number of carbonyl (C=O) groups excluding carboxylic acids is 1. The summed E-state index contributed by atoms with van der Waals surface area (Å²) in [4.78, 5) is 10.5. The molecule has 0 aliphatic rings. The lowest BCUT2D eigenvalue weighted by Crippen LogP contribution is -1.85. The number of hydrogen-bond acceptors (Lipinski definition) is 2. The van der Waals surface area contributed by atoms with Gasteiger partial charge in [-0.3, -0.25) is 4.79 Å². The second-order valence-electron chi connectivity index (χ2n) is 3.06. The molecule has 2 rings (SSSR count). The monoisotopic (exact) mass is 302 g/mol. The fraction of sp³-hybridized carbons (Fsp3) is 0. The molecular weight excluding hydrogens is 298 g/mol. The number of hydrogen-bond donors (Lipinski definition) is 0. The van der Waals surface area contributed by atoms with E-state index in [0.29, 0.717) is 10.8 Å². The summed E-state index contributed by atoms with van der Waals surface area (Å²) in [5, 5.41) is 0.287. The molecule has 0 bridgehead atoms. The maximum Gasteiger partial charge on any atom is 0.185 e. The van der Waals surface area contributed by atoms with Crippen molar-refractivity contribution in [2.75, 3.05) is 0 Å². The van der Waals surface area contributed by atoms with Gasteiger partial charge in [-0.1, -0.05) is 11.6 Å². The van der Waals surface area contributed by atoms with Crippen molar-refractivity contribution in [3.8, 4) is 11.3 Å². The van der Waals surface area contributed by atoms with Gasteiger partial charge in [-0.25, -0.2) is 4.39 Å². The molecule has 2 nitrogen and oxygen atoms in total. The highest BCUT2D eigenvalue weighted by Gasteiger charge is 2.14. The van der Waals surface area contributed by atoms with Crippen molar-refractivity contribution in [3.63, 3.8) is 0 Å². The maximum atomic E-state index is 13.6. The predicted octanol–water partition coefficient (Wildman–Crippen LogP) is 4.31. The van der Waals surface area contributed by atoms with Gasteiger partial charge in [0.1, 0.15) is 11.6 Å². The standard InChI is InChI=1S/C11H5BrClFO2/c12-8-3-6(13)4-9(14)11(8)10-2-1-7(5-15)16-10/h1-5H. The van der Waals surface area contributed by atoms with Crippen LogP contribution in [0.5, 0.6) is 0 Å². The molecule has 0 saturated heterocycles. The molecule has 16 heavy (non-hydrogen) atoms. The van der Waals surface area contributed by atoms with Crippen LogP contribution in [0.2, 0.25) is 5.02 Å². The third-order valence-electron chi connectivity index (χ3n) is 2.00. The van der Waals surface area contributed by atoms with Crippen LogP contribution >= 0.6 is 27.5 Å². The molecule has 0 spiro atoms. The van der Waals surface area contributed by atoms with E-state index in [1.165, 1.54) is 18.2 Å². The first-order valence-electron chi connectivity index (χ1n) is 4.31. The molecule has 0 radical (unpaired) electrons. The van der Waals surface area contributed by atoms with Gasteiger partial charge in [-0.15, -0.1) is 0 Å². The molecule has 0 unspecified atom stereocenters. The summed E-state index contributed by atoms with van der Waals surface area (Å²) in [5.41, 5.74) is 0.248. The minimum atomic E-state index is -0.508. The molecule has 0 aliphatic heterocycles. The van der Waals surface area contributed by atoms with E-state index >= 15 is 0 Å². The molecule has 1 aromatic heterocycles. The number of aldehydes is 1. The highest BCUT2D eigenvalue weighted by atomic mass is 79.9. The Kier molecular flexibility index (Phi) is 3.12. The average Bonchev–Trinajstić information content (AvgIpc) is 2.64. The van der Waals surface area contributed by atoms with E-state index < -0.39 is 5.82 Å². The number of halogens is 3. The van der Waals surface area contributed by atoms with Gasteiger partial charge in [-0.2, -0.15) is 0 Å². The van der Waals surface area contributed by atoms with Crippen LogP contribution < -0.4 is 0 Å². The van der Waals surface area contributed by atoms with E-state index in [2.05, 4.69) is 15.9 Å². The SMILES string of the molecule is O=Cc1ccc(-c2c(F)cc(Cl)cc2Br)o1. The predicted molar refractivity (Wildman–Crippen MR) is 62.2 cm³/mol. The summed E-state index contributed by atoms with van der Waals surface area (Å²) in [6.45, 7) is 0. The fourth-order valence-corrected chi connectivity index (χ4v) is 2.30. The lowest BCUT2D eigenvalue weighted by Gasteiger charge is -2.03. The molecule has 1 aromatic carbocycles. The van der Waals surface area contributed by atoms with E-state index in [-0.39, 0.29) is 22.1 Å². The molecule has 1 heterocycles. The summed E-state index contributed by atoms with van der Waals surface area (Å²) < 4.78 is 19.3. The normalized spacial score (nSPS) is 10.4. The molecule has 0 atom stereocenters. The topological polar surface area (TPSA) is 30.2 Å². The van der Waals surface area contributed by atoms with Crippen LogP contribution in [0.4, 0.5) is 4.39 Å². The Morgan fingerprint density at radius 3 is 2.69 bits per heavy atom. The van der Waals surface area contributed by atoms with E-state index in [1.807, 2.05) is 0 Å². The largest absolute Gasteiger partial charge is 0.453 e. The molecule has 0 aliphatic carbocycles. The number of carbonyl (C=O) groups is 1. The third-order valence-corrected chi connectivity index (χ3v) is 2.84. The Balaban J connectivity index is 2.59. The average molecular weight is 304 g/mol. The summed E-state index contributed by atoms with van der Waals surface area (Å²) in [6.07, 6.45) is 0.561. The highest BCUT2D eigenvalue weighted by Crippen LogP contribution is 2.34. The minimum absolute atomic E-state index is 0.149. The fourth-order valence-electron chi connectivity index (χ4n) is 1.33. The van der Waals surface area contributed by atoms with Crippen LogP contribution in [0.25, 0.3) is 11.3 Å². The quantitative estimate of drug-likeness (QED) is 0.774. The van der Waals surface area contributed by atoms with Crippen molar-refractivity contribution in [2.24, 2.45) is 0 Å². The van der Waals surface area contributed by atoms with Gasteiger partial charge < -0.3 is 4.42 Å². The molecule has 82 valence electrons. The second kappa shape index (κ2) is 4.39. The Hall–Kier alpha value is -1.13. The van der Waals surface area contributed by atoms with Crippen molar-refractivity contribution in [3.05, 3.63) is 45.3 Å². The van der Waals surface area contributed by atoms with Crippen LogP contribution in [-0.2, 0) is 0 Å². The first kappa shape index (κ1) is 11.4. The summed E-state index contributed by atoms with van der Waals surface area (Å²) >= 11 is 8.88. The van der Waals surface area contributed by atoms with Crippen molar-refractivity contribution >= 4 is 33.8 Å². The van der Waals surface area contributed by atoms with Crippen molar-refractivity contribution in [1.29, 1.82) is 0 Å². The Labute approximate surface area is 104 Å². The van der Waals surface area contributed by atoms with Crippen molar-refractivity contribution in [2.45, 2.75) is 0 Å². The van der Waals surface area contributed by atoms with Crippen LogP contribution in [0, 0.1) is 5.82 Å². The molecule has 0 fully saturated rings. The zero-order chi connectivity index (χ0) is 11.7. The molecule has 0 saturated carbocycles. The third kappa shape index (κ3) is 2.03. The molecular formula is C11H5BrClFO2. The van der Waals surface area contributed by atoms with E-state index in [1.54, 1.807) is 6.07 Å². The Morgan fingerprint density at radius 2 is 2.12 bits per heavy atom. The van der Waals surface area contributed by atoms with Gasteiger partial charge in [0.05, 0.1) is 5.56 Å². The smallest absolute Gasteiger partial charge is 0.185 e. The first-order valence-corrected chi connectivity index (χ1v) is 5.49.